The molecule has 8 heteroatoms. The Morgan fingerprint density at radius 2 is 1.92 bits per heavy atom. The Kier molecular flexibility index (Phi) is 3.85. The van der Waals surface area contributed by atoms with Crippen molar-refractivity contribution in [3.63, 3.8) is 0 Å². The molecule has 0 aliphatic carbocycles. The van der Waals surface area contributed by atoms with Crippen LogP contribution in [0, 0.1) is 0 Å². The highest BCUT2D eigenvalue weighted by atomic mass is 16.2. The molecule has 0 radical (unpaired) electrons. The summed E-state index contributed by atoms with van der Waals surface area (Å²) in [7, 11) is 1.66. The van der Waals surface area contributed by atoms with Gasteiger partial charge in [-0.3, -0.25) is 18.5 Å². The fourth-order valence-electron chi connectivity index (χ4n) is 3.11. The molecule has 130 valence electrons. The van der Waals surface area contributed by atoms with E-state index in [9.17, 15) is 9.59 Å². The van der Waals surface area contributed by atoms with Crippen LogP contribution in [0.15, 0.2) is 14.7 Å². The van der Waals surface area contributed by atoms with E-state index in [1.165, 1.54) is 9.13 Å². The van der Waals surface area contributed by atoms with Crippen molar-refractivity contribution in [3.8, 4) is 0 Å². The molecule has 0 amide bonds. The van der Waals surface area contributed by atoms with Gasteiger partial charge >= 0.3 is 5.69 Å². The molecule has 0 saturated heterocycles. The van der Waals surface area contributed by atoms with Crippen LogP contribution >= 0.6 is 0 Å². The predicted octanol–water partition coefficient (Wildman–Crippen LogP) is 1.47. The van der Waals surface area contributed by atoms with E-state index in [-0.39, 0.29) is 23.3 Å². The van der Waals surface area contributed by atoms with Crippen molar-refractivity contribution in [2.24, 2.45) is 12.1 Å². The van der Waals surface area contributed by atoms with Crippen LogP contribution in [0.1, 0.15) is 47.1 Å². The van der Waals surface area contributed by atoms with E-state index in [0.717, 1.165) is 12.1 Å². The van der Waals surface area contributed by atoms with E-state index in [1.807, 2.05) is 44.2 Å². The number of fused-ring (bicyclic) bond motifs is 3. The maximum atomic E-state index is 13.0. The van der Waals surface area contributed by atoms with Gasteiger partial charge in [0.2, 0.25) is 5.95 Å². The third-order valence-electron chi connectivity index (χ3n) is 4.56. The van der Waals surface area contributed by atoms with Crippen LogP contribution in [0.4, 0.5) is 5.95 Å². The fourth-order valence-corrected chi connectivity index (χ4v) is 3.11. The number of hydrogen-bond donors (Lipinski definition) is 0. The van der Waals surface area contributed by atoms with Gasteiger partial charge in [-0.05, 0) is 34.1 Å². The van der Waals surface area contributed by atoms with E-state index in [2.05, 4.69) is 10.1 Å². The maximum absolute atomic E-state index is 13.0. The lowest BCUT2D eigenvalue weighted by molar-refractivity contribution is 0.581. The zero-order valence-corrected chi connectivity index (χ0v) is 15.1. The van der Waals surface area contributed by atoms with Gasteiger partial charge in [0.15, 0.2) is 11.2 Å². The van der Waals surface area contributed by atoms with Gasteiger partial charge < -0.3 is 0 Å². The van der Waals surface area contributed by atoms with Crippen LogP contribution in [-0.2, 0) is 13.6 Å². The summed E-state index contributed by atoms with van der Waals surface area (Å²) in [6.45, 7) is 10.3. The van der Waals surface area contributed by atoms with Gasteiger partial charge in [-0.2, -0.15) is 10.1 Å². The van der Waals surface area contributed by atoms with E-state index < -0.39 is 0 Å². The first-order chi connectivity index (χ1) is 11.3. The van der Waals surface area contributed by atoms with Crippen molar-refractivity contribution in [1.29, 1.82) is 0 Å². The molecule has 1 atom stereocenters. The number of rotatable bonds is 3. The summed E-state index contributed by atoms with van der Waals surface area (Å²) in [4.78, 5) is 30.1. The molecule has 0 fully saturated rings. The van der Waals surface area contributed by atoms with Crippen LogP contribution in [0.25, 0.3) is 11.2 Å². The van der Waals surface area contributed by atoms with Crippen molar-refractivity contribution in [3.05, 3.63) is 20.8 Å². The number of imidazole rings is 1. The quantitative estimate of drug-likeness (QED) is 0.853. The lowest BCUT2D eigenvalue weighted by atomic mass is 10.2. The van der Waals surface area contributed by atoms with E-state index in [1.54, 1.807) is 7.05 Å². The molecule has 3 heterocycles. The SMILES string of the molecule is CCCn1c(=O)c2c(nc3n2[C@H](C)C(C)=NN3C(C)C)n(C)c1=O. The standard InChI is InChI=1S/C16H24N6O2/c1-7-8-20-14(23)12-13(19(6)16(20)24)17-15-21(12)11(5)10(4)18-22(15)9(2)3/h9,11H,7-8H2,1-6H3/t11-/m1/s1. The highest BCUT2D eigenvalue weighted by molar-refractivity contribution is 5.91. The average molecular weight is 332 g/mol. The average Bonchev–Trinajstić information content (AvgIpc) is 2.93. The number of anilines is 1. The van der Waals surface area contributed by atoms with Crippen molar-refractivity contribution in [2.75, 3.05) is 5.01 Å². The third-order valence-corrected chi connectivity index (χ3v) is 4.56. The van der Waals surface area contributed by atoms with Gasteiger partial charge in [0.25, 0.3) is 5.56 Å². The number of aryl methyl sites for hydroxylation is 1. The van der Waals surface area contributed by atoms with Crippen molar-refractivity contribution in [2.45, 2.75) is 59.7 Å². The van der Waals surface area contributed by atoms with Crippen LogP contribution in [0.5, 0.6) is 0 Å². The number of nitrogens with zero attached hydrogens (tertiary/aromatic N) is 6. The molecule has 1 aliphatic heterocycles. The Labute approximate surface area is 140 Å². The van der Waals surface area contributed by atoms with Crippen molar-refractivity contribution in [1.82, 2.24) is 18.7 Å². The molecule has 1 aliphatic rings. The zero-order valence-electron chi connectivity index (χ0n) is 15.1. The molecule has 3 rings (SSSR count). The summed E-state index contributed by atoms with van der Waals surface area (Å²) in [6, 6.07) is 0.0122. The molecular formula is C16H24N6O2. The molecule has 2 aromatic rings. The van der Waals surface area contributed by atoms with Gasteiger partial charge in [-0.1, -0.05) is 6.92 Å². The first-order valence-corrected chi connectivity index (χ1v) is 8.35. The number of hydrogen-bond acceptors (Lipinski definition) is 5. The molecule has 0 aromatic carbocycles. The zero-order chi connectivity index (χ0) is 17.8. The van der Waals surface area contributed by atoms with Crippen molar-refractivity contribution < 1.29 is 0 Å². The van der Waals surface area contributed by atoms with Gasteiger partial charge in [0, 0.05) is 13.6 Å². The van der Waals surface area contributed by atoms with E-state index in [4.69, 9.17) is 0 Å². The Bertz CT molecular complexity index is 946. The Balaban J connectivity index is 2.45. The second-order valence-corrected chi connectivity index (χ2v) is 6.61. The monoisotopic (exact) mass is 332 g/mol. The van der Waals surface area contributed by atoms with Crippen LogP contribution < -0.4 is 16.3 Å². The van der Waals surface area contributed by atoms with Crippen LogP contribution in [0.3, 0.4) is 0 Å². The number of hydrazone groups is 1. The Morgan fingerprint density at radius 3 is 2.50 bits per heavy atom. The topological polar surface area (TPSA) is 77.4 Å². The lowest BCUT2D eigenvalue weighted by Gasteiger charge is -2.31. The molecule has 8 nitrogen and oxygen atoms in total. The normalized spacial score (nSPS) is 17.5. The number of aromatic nitrogens is 4. The first-order valence-electron chi connectivity index (χ1n) is 8.35. The van der Waals surface area contributed by atoms with Gasteiger partial charge in [-0.25, -0.2) is 9.80 Å². The molecule has 2 aromatic heterocycles. The van der Waals surface area contributed by atoms with Gasteiger partial charge in [0.05, 0.1) is 17.8 Å². The molecule has 0 N–H and O–H groups in total. The largest absolute Gasteiger partial charge is 0.332 e. The summed E-state index contributed by atoms with van der Waals surface area (Å²) in [5.74, 6) is 0.611. The fraction of sp³-hybridized carbons (Fsp3) is 0.625. The summed E-state index contributed by atoms with van der Waals surface area (Å²) in [6.07, 6.45) is 0.718. The predicted molar refractivity (Wildman–Crippen MR) is 95.0 cm³/mol. The molecule has 0 spiro atoms. The summed E-state index contributed by atoms with van der Waals surface area (Å²) >= 11 is 0. The minimum absolute atomic E-state index is 0.0831. The lowest BCUT2D eigenvalue weighted by Crippen LogP contribution is -2.40. The van der Waals surface area contributed by atoms with E-state index in [0.29, 0.717) is 23.7 Å². The smallest absolute Gasteiger partial charge is 0.294 e. The third kappa shape index (κ3) is 2.12. The maximum Gasteiger partial charge on any atom is 0.332 e. The minimum Gasteiger partial charge on any atom is -0.294 e. The summed E-state index contributed by atoms with van der Waals surface area (Å²) in [5, 5.41) is 6.42. The highest BCUT2D eigenvalue weighted by Gasteiger charge is 2.31. The highest BCUT2D eigenvalue weighted by Crippen LogP contribution is 2.30. The van der Waals surface area contributed by atoms with Gasteiger partial charge in [-0.15, -0.1) is 0 Å². The second kappa shape index (κ2) is 5.61. The summed E-state index contributed by atoms with van der Waals surface area (Å²) < 4.78 is 4.66. The van der Waals surface area contributed by atoms with E-state index >= 15 is 0 Å². The molecule has 24 heavy (non-hydrogen) atoms. The van der Waals surface area contributed by atoms with Crippen molar-refractivity contribution >= 4 is 22.8 Å². The van der Waals surface area contributed by atoms with Crippen LogP contribution in [0.2, 0.25) is 0 Å². The minimum atomic E-state index is -0.328. The Morgan fingerprint density at radius 1 is 1.25 bits per heavy atom. The second-order valence-electron chi connectivity index (χ2n) is 6.61. The van der Waals surface area contributed by atoms with Crippen LogP contribution in [-0.4, -0.2) is 30.4 Å². The first kappa shape index (κ1) is 16.5. The molecular weight excluding hydrogens is 308 g/mol. The van der Waals surface area contributed by atoms with Gasteiger partial charge in [0.1, 0.15) is 0 Å². The summed E-state index contributed by atoms with van der Waals surface area (Å²) in [5.41, 5.74) is 1.18. The Hall–Kier alpha value is -2.38. The molecule has 0 bridgehead atoms. The molecule has 0 unspecified atom stereocenters. The molecule has 0 saturated carbocycles.